The number of hydrogen-bond donors (Lipinski definition) is 4. The van der Waals surface area contributed by atoms with Gasteiger partial charge in [-0.15, -0.1) is 0 Å². The number of fused-ring (bicyclic) bond motifs is 1. The highest BCUT2D eigenvalue weighted by Gasteiger charge is 2.34. The maximum Gasteiger partial charge on any atom is 0.277 e. The van der Waals surface area contributed by atoms with Crippen LogP contribution < -0.4 is 15.5 Å². The fraction of sp³-hybridized carbons (Fsp3) is 0.333. The normalized spacial score (nSPS) is 16.9. The van der Waals surface area contributed by atoms with Crippen molar-refractivity contribution >= 4 is 28.5 Å². The molecule has 0 spiro atoms. The van der Waals surface area contributed by atoms with E-state index in [-0.39, 0.29) is 13.1 Å². The lowest BCUT2D eigenvalue weighted by molar-refractivity contribution is 0.0156. The van der Waals surface area contributed by atoms with Crippen LogP contribution in [0.15, 0.2) is 36.7 Å². The van der Waals surface area contributed by atoms with Gasteiger partial charge in [0.2, 0.25) is 0 Å². The quantitative estimate of drug-likeness (QED) is 0.452. The summed E-state index contributed by atoms with van der Waals surface area (Å²) in [5.74, 6) is -2.34. The first-order chi connectivity index (χ1) is 15.0. The number of aromatic amines is 1. The molecule has 4 N–H and O–H groups in total. The van der Waals surface area contributed by atoms with E-state index in [9.17, 15) is 8.78 Å². The van der Waals surface area contributed by atoms with Gasteiger partial charge in [-0.25, -0.2) is 13.8 Å². The van der Waals surface area contributed by atoms with Crippen molar-refractivity contribution in [3.63, 3.8) is 0 Å². The first-order valence-electron chi connectivity index (χ1n) is 10.1. The molecule has 0 bridgehead atoms. The van der Waals surface area contributed by atoms with Crippen molar-refractivity contribution in [2.45, 2.75) is 12.8 Å². The highest BCUT2D eigenvalue weighted by Crippen LogP contribution is 2.28. The minimum atomic E-state index is -2.82. The van der Waals surface area contributed by atoms with E-state index in [1.165, 1.54) is 6.21 Å². The lowest BCUT2D eigenvalue weighted by Gasteiger charge is -2.24. The standard InChI is InChI=1S/C21H24F2N8/c1-2-25-10-14(9-24)17-8-15-18(11-27-17)29-30-20(15)16-4-3-5-19(28-16)31-7-6-26-12-21(22,23)13-31/h3-5,8-11,24-26H,2,6-7,12-13H2,1H3,(H,29,30)/b14-10+,24-9?. The summed E-state index contributed by atoms with van der Waals surface area (Å²) in [4.78, 5) is 10.6. The number of anilines is 1. The van der Waals surface area contributed by atoms with Crippen LogP contribution in [0.1, 0.15) is 12.6 Å². The predicted molar refractivity (Wildman–Crippen MR) is 118 cm³/mol. The number of halogens is 2. The fourth-order valence-corrected chi connectivity index (χ4v) is 3.50. The zero-order valence-electron chi connectivity index (χ0n) is 17.1. The van der Waals surface area contributed by atoms with Gasteiger partial charge in [0.25, 0.3) is 5.92 Å². The number of nitrogens with one attached hydrogen (secondary N) is 4. The van der Waals surface area contributed by atoms with Gasteiger partial charge in [-0.05, 0) is 25.1 Å². The summed E-state index contributed by atoms with van der Waals surface area (Å²) in [7, 11) is 0. The first kappa shape index (κ1) is 20.9. The number of nitrogens with zero attached hydrogens (tertiary/aromatic N) is 4. The molecule has 31 heavy (non-hydrogen) atoms. The first-order valence-corrected chi connectivity index (χ1v) is 10.1. The van der Waals surface area contributed by atoms with Crippen LogP contribution in [0.4, 0.5) is 14.6 Å². The molecule has 162 valence electrons. The maximum absolute atomic E-state index is 14.0. The molecule has 0 aliphatic carbocycles. The van der Waals surface area contributed by atoms with E-state index < -0.39 is 5.92 Å². The van der Waals surface area contributed by atoms with E-state index in [2.05, 4.69) is 30.8 Å². The summed E-state index contributed by atoms with van der Waals surface area (Å²) < 4.78 is 28.1. The number of hydrogen-bond acceptors (Lipinski definition) is 7. The van der Waals surface area contributed by atoms with Crippen molar-refractivity contribution in [1.29, 1.82) is 5.41 Å². The van der Waals surface area contributed by atoms with E-state index >= 15 is 0 Å². The van der Waals surface area contributed by atoms with Gasteiger partial charge in [0.05, 0.1) is 36.2 Å². The molecule has 0 atom stereocenters. The smallest absolute Gasteiger partial charge is 0.277 e. The highest BCUT2D eigenvalue weighted by molar-refractivity contribution is 6.08. The molecule has 3 aromatic rings. The average Bonchev–Trinajstić information content (AvgIpc) is 3.10. The van der Waals surface area contributed by atoms with E-state index in [1.807, 2.05) is 13.0 Å². The molecular weight excluding hydrogens is 402 g/mol. The Morgan fingerprint density at radius 3 is 3.06 bits per heavy atom. The summed E-state index contributed by atoms with van der Waals surface area (Å²) in [5.41, 5.74) is 3.17. The minimum absolute atomic E-state index is 0.335. The van der Waals surface area contributed by atoms with Gasteiger partial charge < -0.3 is 20.9 Å². The molecule has 0 amide bonds. The number of pyridine rings is 2. The Bertz CT molecular complexity index is 1110. The van der Waals surface area contributed by atoms with Gasteiger partial charge >= 0.3 is 0 Å². The summed E-state index contributed by atoms with van der Waals surface area (Å²) >= 11 is 0. The third-order valence-electron chi connectivity index (χ3n) is 5.03. The molecule has 1 fully saturated rings. The van der Waals surface area contributed by atoms with Crippen molar-refractivity contribution in [3.8, 4) is 11.4 Å². The van der Waals surface area contributed by atoms with Crippen molar-refractivity contribution in [2.24, 2.45) is 0 Å². The van der Waals surface area contributed by atoms with Crippen molar-refractivity contribution in [3.05, 3.63) is 42.4 Å². The molecule has 1 aliphatic heterocycles. The van der Waals surface area contributed by atoms with Gasteiger partial charge in [-0.3, -0.25) is 10.1 Å². The fourth-order valence-electron chi connectivity index (χ4n) is 3.50. The number of alkyl halides is 2. The van der Waals surface area contributed by atoms with E-state index in [1.54, 1.807) is 35.5 Å². The van der Waals surface area contributed by atoms with Crippen LogP contribution in [0.25, 0.3) is 27.9 Å². The van der Waals surface area contributed by atoms with Gasteiger partial charge in [-0.2, -0.15) is 5.10 Å². The predicted octanol–water partition coefficient (Wildman–Crippen LogP) is 2.66. The molecule has 1 aliphatic rings. The second-order valence-electron chi connectivity index (χ2n) is 7.32. The zero-order chi connectivity index (χ0) is 21.8. The van der Waals surface area contributed by atoms with Gasteiger partial charge in [0.15, 0.2) is 0 Å². The highest BCUT2D eigenvalue weighted by atomic mass is 19.3. The largest absolute Gasteiger partial charge is 0.391 e. The van der Waals surface area contributed by atoms with E-state index in [4.69, 9.17) is 5.41 Å². The Labute approximate surface area is 178 Å². The summed E-state index contributed by atoms with van der Waals surface area (Å²) in [6.07, 6.45) is 4.64. The number of H-pyrrole nitrogens is 1. The Hall–Kier alpha value is -3.40. The van der Waals surface area contributed by atoms with Crippen LogP contribution in [-0.4, -0.2) is 65.0 Å². The second kappa shape index (κ2) is 8.76. The van der Waals surface area contributed by atoms with Crippen LogP contribution in [0, 0.1) is 5.41 Å². The Balaban J connectivity index is 1.71. The van der Waals surface area contributed by atoms with Crippen LogP contribution in [0.2, 0.25) is 0 Å². The van der Waals surface area contributed by atoms with Crippen LogP contribution >= 0.6 is 0 Å². The molecule has 3 aromatic heterocycles. The monoisotopic (exact) mass is 426 g/mol. The van der Waals surface area contributed by atoms with Crippen molar-refractivity contribution in [2.75, 3.05) is 37.6 Å². The molecule has 1 saturated heterocycles. The van der Waals surface area contributed by atoms with Crippen LogP contribution in [0.5, 0.6) is 0 Å². The molecule has 0 saturated carbocycles. The molecule has 0 aromatic carbocycles. The third-order valence-corrected chi connectivity index (χ3v) is 5.03. The summed E-state index contributed by atoms with van der Waals surface area (Å²) in [5, 5.41) is 21.7. The second-order valence-corrected chi connectivity index (χ2v) is 7.32. The number of allylic oxidation sites excluding steroid dienone is 1. The zero-order valence-corrected chi connectivity index (χ0v) is 17.1. The van der Waals surface area contributed by atoms with E-state index in [0.717, 1.165) is 17.4 Å². The average molecular weight is 426 g/mol. The summed E-state index contributed by atoms with van der Waals surface area (Å²) in [6, 6.07) is 7.18. The molecule has 0 radical (unpaired) electrons. The van der Waals surface area contributed by atoms with Gasteiger partial charge in [0.1, 0.15) is 11.5 Å². The SMILES string of the molecule is CCN/C=C(\C=N)c1cc2c(-c3cccc(N4CCNCC(F)(F)C4)n3)n[nH]c2cn1. The molecule has 10 heteroatoms. The van der Waals surface area contributed by atoms with E-state index in [0.29, 0.717) is 41.6 Å². The molecule has 0 unspecified atom stereocenters. The minimum Gasteiger partial charge on any atom is -0.391 e. The van der Waals surface area contributed by atoms with Gasteiger partial charge in [-0.1, -0.05) is 6.07 Å². The summed E-state index contributed by atoms with van der Waals surface area (Å²) in [6.45, 7) is 2.89. The molecule has 8 nitrogen and oxygen atoms in total. The Kier molecular flexibility index (Phi) is 5.90. The lowest BCUT2D eigenvalue weighted by Crippen LogP contribution is -2.38. The number of rotatable bonds is 6. The Morgan fingerprint density at radius 1 is 1.39 bits per heavy atom. The van der Waals surface area contributed by atoms with Gasteiger partial charge in [0, 0.05) is 43.0 Å². The maximum atomic E-state index is 14.0. The molecule has 4 heterocycles. The molecular formula is C21H24F2N8. The van der Waals surface area contributed by atoms with Crippen LogP contribution in [-0.2, 0) is 0 Å². The third kappa shape index (κ3) is 4.53. The van der Waals surface area contributed by atoms with Crippen molar-refractivity contribution in [1.82, 2.24) is 30.8 Å². The van der Waals surface area contributed by atoms with Crippen LogP contribution in [0.3, 0.4) is 0 Å². The Morgan fingerprint density at radius 2 is 2.26 bits per heavy atom. The lowest BCUT2D eigenvalue weighted by atomic mass is 10.1. The number of aromatic nitrogens is 4. The van der Waals surface area contributed by atoms with Crippen molar-refractivity contribution < 1.29 is 8.78 Å². The topological polar surface area (TPSA) is 106 Å². The molecule has 4 rings (SSSR count).